The zero-order valence-electron chi connectivity index (χ0n) is 12.2. The van der Waals surface area contributed by atoms with Gasteiger partial charge in [0, 0.05) is 11.7 Å². The molecule has 2 unspecified atom stereocenters. The van der Waals surface area contributed by atoms with Crippen molar-refractivity contribution in [2.75, 3.05) is 11.5 Å². The van der Waals surface area contributed by atoms with Crippen LogP contribution in [-0.4, -0.2) is 34.0 Å². The van der Waals surface area contributed by atoms with Crippen LogP contribution in [0.15, 0.2) is 0 Å². The first-order chi connectivity index (χ1) is 9.57. The van der Waals surface area contributed by atoms with Crippen LogP contribution in [0.4, 0.5) is 0 Å². The fourth-order valence-corrected chi connectivity index (χ4v) is 4.66. The molecule has 0 aromatic rings. The lowest BCUT2D eigenvalue weighted by Gasteiger charge is -2.28. The third-order valence-electron chi connectivity index (χ3n) is 4.75. The first-order valence-electron chi connectivity index (χ1n) is 7.70. The molecule has 0 bridgehead atoms. The molecule has 4 nitrogen and oxygen atoms in total. The predicted octanol–water partition coefficient (Wildman–Crippen LogP) is 2.67. The van der Waals surface area contributed by atoms with Crippen molar-refractivity contribution in [1.82, 2.24) is 5.32 Å². The molecule has 20 heavy (non-hydrogen) atoms. The molecule has 1 aliphatic heterocycles. The standard InChI is InChI=1S/C15H25NO3S/c1-2-12(9-11-5-3-4-6-11)13(17)16-15(14(18)19)7-8-20-10-15/h11-12H,2-10H2,1H3,(H,16,17)(H,18,19). The number of amides is 1. The third-order valence-corrected chi connectivity index (χ3v) is 5.94. The highest BCUT2D eigenvalue weighted by Gasteiger charge is 2.44. The highest BCUT2D eigenvalue weighted by Crippen LogP contribution is 2.33. The molecule has 0 aromatic carbocycles. The maximum atomic E-state index is 12.4. The van der Waals surface area contributed by atoms with Gasteiger partial charge < -0.3 is 10.4 Å². The highest BCUT2D eigenvalue weighted by atomic mass is 32.2. The van der Waals surface area contributed by atoms with Crippen molar-refractivity contribution in [2.45, 2.75) is 57.4 Å². The van der Waals surface area contributed by atoms with Crippen molar-refractivity contribution in [2.24, 2.45) is 11.8 Å². The largest absolute Gasteiger partial charge is 0.479 e. The highest BCUT2D eigenvalue weighted by molar-refractivity contribution is 7.99. The van der Waals surface area contributed by atoms with E-state index in [9.17, 15) is 14.7 Å². The molecule has 114 valence electrons. The van der Waals surface area contributed by atoms with Gasteiger partial charge in [-0.05, 0) is 30.9 Å². The molecule has 2 aliphatic rings. The van der Waals surface area contributed by atoms with Crippen LogP contribution < -0.4 is 5.32 Å². The van der Waals surface area contributed by atoms with E-state index in [1.54, 1.807) is 11.8 Å². The molecule has 1 saturated carbocycles. The van der Waals surface area contributed by atoms with Crippen molar-refractivity contribution < 1.29 is 14.7 Å². The minimum atomic E-state index is -1.02. The molecule has 1 aliphatic carbocycles. The van der Waals surface area contributed by atoms with E-state index in [0.717, 1.165) is 18.6 Å². The third kappa shape index (κ3) is 3.48. The Morgan fingerprint density at radius 3 is 2.60 bits per heavy atom. The zero-order chi connectivity index (χ0) is 14.6. The number of thioether (sulfide) groups is 1. The van der Waals surface area contributed by atoms with Crippen LogP contribution in [0.1, 0.15) is 51.9 Å². The molecule has 2 fully saturated rings. The summed E-state index contributed by atoms with van der Waals surface area (Å²) < 4.78 is 0. The number of carboxylic acids is 1. The molecule has 2 atom stereocenters. The Bertz CT molecular complexity index is 360. The van der Waals surface area contributed by atoms with Gasteiger partial charge in [0.2, 0.25) is 5.91 Å². The lowest BCUT2D eigenvalue weighted by atomic mass is 9.89. The van der Waals surface area contributed by atoms with E-state index in [-0.39, 0.29) is 11.8 Å². The normalized spacial score (nSPS) is 28.4. The average Bonchev–Trinajstić information content (AvgIpc) is 3.07. The van der Waals surface area contributed by atoms with Gasteiger partial charge in [-0.1, -0.05) is 32.6 Å². The van der Waals surface area contributed by atoms with Crippen LogP contribution in [0.2, 0.25) is 0 Å². The second-order valence-corrected chi connectivity index (χ2v) is 7.28. The van der Waals surface area contributed by atoms with Crippen LogP contribution in [0.5, 0.6) is 0 Å². The number of hydrogen-bond donors (Lipinski definition) is 2. The van der Waals surface area contributed by atoms with Crippen LogP contribution in [0, 0.1) is 11.8 Å². The Morgan fingerprint density at radius 1 is 1.40 bits per heavy atom. The fraction of sp³-hybridized carbons (Fsp3) is 0.867. The molecular weight excluding hydrogens is 274 g/mol. The van der Waals surface area contributed by atoms with Crippen molar-refractivity contribution in [3.63, 3.8) is 0 Å². The first-order valence-corrected chi connectivity index (χ1v) is 8.86. The van der Waals surface area contributed by atoms with Gasteiger partial charge in [0.25, 0.3) is 0 Å². The number of aliphatic carboxylic acids is 1. The Morgan fingerprint density at radius 2 is 2.10 bits per heavy atom. The predicted molar refractivity (Wildman–Crippen MR) is 80.8 cm³/mol. The quantitative estimate of drug-likeness (QED) is 0.791. The summed E-state index contributed by atoms with van der Waals surface area (Å²) in [4.78, 5) is 23.9. The molecule has 2 N–H and O–H groups in total. The van der Waals surface area contributed by atoms with E-state index >= 15 is 0 Å². The molecule has 1 saturated heterocycles. The van der Waals surface area contributed by atoms with Crippen molar-refractivity contribution in [1.29, 1.82) is 0 Å². The molecule has 0 aromatic heterocycles. The smallest absolute Gasteiger partial charge is 0.330 e. The summed E-state index contributed by atoms with van der Waals surface area (Å²) in [7, 11) is 0. The van der Waals surface area contributed by atoms with Gasteiger partial charge in [-0.15, -0.1) is 0 Å². The Kier molecular flexibility index (Phi) is 5.35. The van der Waals surface area contributed by atoms with Gasteiger partial charge in [-0.3, -0.25) is 4.79 Å². The Balaban J connectivity index is 1.95. The Labute approximate surface area is 125 Å². The van der Waals surface area contributed by atoms with Gasteiger partial charge in [0.05, 0.1) is 0 Å². The monoisotopic (exact) mass is 299 g/mol. The number of carboxylic acid groups (broad SMARTS) is 1. The van der Waals surface area contributed by atoms with Crippen molar-refractivity contribution in [3.05, 3.63) is 0 Å². The summed E-state index contributed by atoms with van der Waals surface area (Å²) in [5, 5.41) is 12.3. The minimum Gasteiger partial charge on any atom is -0.479 e. The summed E-state index contributed by atoms with van der Waals surface area (Å²) in [6.07, 6.45) is 7.26. The average molecular weight is 299 g/mol. The number of hydrogen-bond acceptors (Lipinski definition) is 3. The van der Waals surface area contributed by atoms with Gasteiger partial charge in [0.15, 0.2) is 0 Å². The summed E-state index contributed by atoms with van der Waals surface area (Å²) in [6, 6.07) is 0. The van der Waals surface area contributed by atoms with E-state index in [0.29, 0.717) is 18.1 Å². The van der Waals surface area contributed by atoms with Crippen LogP contribution in [0.3, 0.4) is 0 Å². The fourth-order valence-electron chi connectivity index (χ4n) is 3.33. The van der Waals surface area contributed by atoms with Crippen LogP contribution >= 0.6 is 11.8 Å². The molecule has 1 heterocycles. The van der Waals surface area contributed by atoms with Gasteiger partial charge in [-0.25, -0.2) is 4.79 Å². The molecular formula is C15H25NO3S. The van der Waals surface area contributed by atoms with Crippen molar-refractivity contribution >= 4 is 23.6 Å². The number of nitrogens with one attached hydrogen (secondary N) is 1. The molecule has 2 rings (SSSR count). The maximum absolute atomic E-state index is 12.4. The summed E-state index contributed by atoms with van der Waals surface area (Å²) in [5.41, 5.74) is -1.02. The number of rotatable bonds is 6. The summed E-state index contributed by atoms with van der Waals surface area (Å²) >= 11 is 1.61. The summed E-state index contributed by atoms with van der Waals surface area (Å²) in [6.45, 7) is 2.02. The van der Waals surface area contributed by atoms with Gasteiger partial charge in [-0.2, -0.15) is 11.8 Å². The SMILES string of the molecule is CCC(CC1CCCC1)C(=O)NC1(C(=O)O)CCSC1. The number of carbonyl (C=O) groups is 2. The summed E-state index contributed by atoms with van der Waals surface area (Å²) in [5.74, 6) is 1.00. The van der Waals surface area contributed by atoms with Crippen LogP contribution in [0.25, 0.3) is 0 Å². The molecule has 1 amide bonds. The van der Waals surface area contributed by atoms with Crippen molar-refractivity contribution in [3.8, 4) is 0 Å². The van der Waals surface area contributed by atoms with E-state index in [1.165, 1.54) is 25.7 Å². The lowest BCUT2D eigenvalue weighted by Crippen LogP contribution is -2.56. The lowest BCUT2D eigenvalue weighted by molar-refractivity contribution is -0.147. The van der Waals surface area contributed by atoms with Gasteiger partial charge >= 0.3 is 5.97 Å². The zero-order valence-corrected chi connectivity index (χ0v) is 13.0. The van der Waals surface area contributed by atoms with Crippen LogP contribution in [-0.2, 0) is 9.59 Å². The topological polar surface area (TPSA) is 66.4 Å². The molecule has 0 spiro atoms. The second kappa shape index (κ2) is 6.83. The number of carbonyl (C=O) groups excluding carboxylic acids is 1. The maximum Gasteiger partial charge on any atom is 0.330 e. The van der Waals surface area contributed by atoms with E-state index in [2.05, 4.69) is 5.32 Å². The molecule has 5 heteroatoms. The second-order valence-electron chi connectivity index (χ2n) is 6.17. The van der Waals surface area contributed by atoms with E-state index in [4.69, 9.17) is 0 Å². The Hall–Kier alpha value is -0.710. The van der Waals surface area contributed by atoms with E-state index in [1.807, 2.05) is 6.92 Å². The molecule has 0 radical (unpaired) electrons. The van der Waals surface area contributed by atoms with Gasteiger partial charge in [0.1, 0.15) is 5.54 Å². The first kappa shape index (κ1) is 15.7. The van der Waals surface area contributed by atoms with E-state index < -0.39 is 11.5 Å². The minimum absolute atomic E-state index is 0.0278.